The highest BCUT2D eigenvalue weighted by molar-refractivity contribution is 5.89. The number of guanidine groups is 1. The summed E-state index contributed by atoms with van der Waals surface area (Å²) in [6.07, 6.45) is 1.11. The van der Waals surface area contributed by atoms with Crippen LogP contribution in [0.15, 0.2) is 51.9 Å². The molecule has 1 aliphatic heterocycles. The summed E-state index contributed by atoms with van der Waals surface area (Å²) in [5.41, 5.74) is 6.58. The molecule has 1 fully saturated rings. The molecule has 25 heavy (non-hydrogen) atoms. The number of carbonyl (C=O) groups excluding carboxylic acids is 1. The summed E-state index contributed by atoms with van der Waals surface area (Å²) < 4.78 is 5.40. The highest BCUT2D eigenvalue weighted by Crippen LogP contribution is 2.27. The lowest BCUT2D eigenvalue weighted by molar-refractivity contribution is 0.0972. The van der Waals surface area contributed by atoms with Crippen molar-refractivity contribution in [1.82, 2.24) is 10.2 Å². The van der Waals surface area contributed by atoms with Gasteiger partial charge in [0.25, 0.3) is 5.91 Å². The summed E-state index contributed by atoms with van der Waals surface area (Å²) in [4.78, 5) is 18.0. The maximum atomic E-state index is 11.1. The van der Waals surface area contributed by atoms with Crippen LogP contribution in [-0.2, 0) is 6.54 Å². The molecule has 0 radical (unpaired) electrons. The van der Waals surface area contributed by atoms with Crippen molar-refractivity contribution in [1.29, 1.82) is 0 Å². The fourth-order valence-corrected chi connectivity index (χ4v) is 3.12. The van der Waals surface area contributed by atoms with Gasteiger partial charge in [0, 0.05) is 25.6 Å². The molecule has 1 aromatic carbocycles. The Kier molecular flexibility index (Phi) is 5.38. The molecule has 0 aliphatic carbocycles. The SMILES string of the molecule is CCNC(=NCc1ccc(C(N)=O)o1)N1CCC(c2ccccc2)C1. The molecule has 1 aromatic heterocycles. The highest BCUT2D eigenvalue weighted by Gasteiger charge is 2.25. The molecular weight excluding hydrogens is 316 g/mol. The third-order valence-corrected chi connectivity index (χ3v) is 4.38. The molecule has 3 rings (SSSR count). The number of carbonyl (C=O) groups is 1. The lowest BCUT2D eigenvalue weighted by Gasteiger charge is -2.21. The predicted molar refractivity (Wildman–Crippen MR) is 97.4 cm³/mol. The van der Waals surface area contributed by atoms with Gasteiger partial charge >= 0.3 is 0 Å². The van der Waals surface area contributed by atoms with Gasteiger partial charge < -0.3 is 20.4 Å². The number of amides is 1. The number of benzene rings is 1. The van der Waals surface area contributed by atoms with Crippen LogP contribution in [0.1, 0.15) is 41.1 Å². The number of hydrogen-bond acceptors (Lipinski definition) is 3. The monoisotopic (exact) mass is 340 g/mol. The molecule has 6 nitrogen and oxygen atoms in total. The van der Waals surface area contributed by atoms with Crippen molar-refractivity contribution < 1.29 is 9.21 Å². The van der Waals surface area contributed by atoms with Crippen molar-refractivity contribution in [2.75, 3.05) is 19.6 Å². The average molecular weight is 340 g/mol. The minimum absolute atomic E-state index is 0.167. The van der Waals surface area contributed by atoms with Crippen LogP contribution in [0, 0.1) is 0 Å². The molecule has 3 N–H and O–H groups in total. The number of nitrogens with zero attached hydrogens (tertiary/aromatic N) is 2. The summed E-state index contributed by atoms with van der Waals surface area (Å²) in [6.45, 7) is 5.15. The van der Waals surface area contributed by atoms with E-state index in [2.05, 4.69) is 46.4 Å². The first kappa shape index (κ1) is 17.1. The molecule has 2 aromatic rings. The Hall–Kier alpha value is -2.76. The van der Waals surface area contributed by atoms with Crippen LogP contribution in [0.4, 0.5) is 0 Å². The van der Waals surface area contributed by atoms with Gasteiger partial charge in [-0.25, -0.2) is 4.99 Å². The Balaban J connectivity index is 1.67. The molecule has 0 saturated carbocycles. The number of rotatable bonds is 5. The fourth-order valence-electron chi connectivity index (χ4n) is 3.12. The van der Waals surface area contributed by atoms with Crippen LogP contribution in [0.5, 0.6) is 0 Å². The summed E-state index contributed by atoms with van der Waals surface area (Å²) in [7, 11) is 0. The smallest absolute Gasteiger partial charge is 0.284 e. The molecular formula is C19H24N4O2. The first-order valence-electron chi connectivity index (χ1n) is 8.64. The van der Waals surface area contributed by atoms with Crippen LogP contribution in [-0.4, -0.2) is 36.4 Å². The maximum Gasteiger partial charge on any atom is 0.284 e. The fraction of sp³-hybridized carbons (Fsp3) is 0.368. The van der Waals surface area contributed by atoms with Crippen molar-refractivity contribution in [3.8, 4) is 0 Å². The van der Waals surface area contributed by atoms with E-state index in [9.17, 15) is 4.79 Å². The summed E-state index contributed by atoms with van der Waals surface area (Å²) in [5, 5.41) is 3.34. The number of furan rings is 1. The Morgan fingerprint density at radius 2 is 2.12 bits per heavy atom. The van der Waals surface area contributed by atoms with Crippen LogP contribution in [0.2, 0.25) is 0 Å². The summed E-state index contributed by atoms with van der Waals surface area (Å²) in [6, 6.07) is 13.9. The van der Waals surface area contributed by atoms with E-state index in [1.807, 2.05) is 6.07 Å². The quantitative estimate of drug-likeness (QED) is 0.646. The van der Waals surface area contributed by atoms with Crippen molar-refractivity contribution in [3.05, 3.63) is 59.5 Å². The van der Waals surface area contributed by atoms with Gasteiger partial charge in [-0.1, -0.05) is 30.3 Å². The van der Waals surface area contributed by atoms with Crippen molar-refractivity contribution in [3.63, 3.8) is 0 Å². The average Bonchev–Trinajstić information content (AvgIpc) is 3.29. The van der Waals surface area contributed by atoms with Gasteiger partial charge in [-0.3, -0.25) is 4.79 Å². The van der Waals surface area contributed by atoms with Gasteiger partial charge in [-0.15, -0.1) is 0 Å². The van der Waals surface area contributed by atoms with Crippen molar-refractivity contribution >= 4 is 11.9 Å². The number of hydrogen-bond donors (Lipinski definition) is 2. The van der Waals surface area contributed by atoms with Crippen molar-refractivity contribution in [2.45, 2.75) is 25.8 Å². The van der Waals surface area contributed by atoms with Crippen molar-refractivity contribution in [2.24, 2.45) is 10.7 Å². The molecule has 0 bridgehead atoms. The Bertz CT molecular complexity index is 739. The zero-order valence-electron chi connectivity index (χ0n) is 14.4. The number of aliphatic imine (C=N–C) groups is 1. The molecule has 2 heterocycles. The zero-order chi connectivity index (χ0) is 17.6. The van der Waals surface area contributed by atoms with E-state index in [-0.39, 0.29) is 5.76 Å². The topological polar surface area (TPSA) is 83.9 Å². The van der Waals surface area contributed by atoms with Gasteiger partial charge in [0.1, 0.15) is 12.3 Å². The Morgan fingerprint density at radius 1 is 1.32 bits per heavy atom. The third-order valence-electron chi connectivity index (χ3n) is 4.38. The van der Waals surface area contributed by atoms with Crippen LogP contribution in [0.25, 0.3) is 0 Å². The third kappa shape index (κ3) is 4.21. The molecule has 6 heteroatoms. The minimum atomic E-state index is -0.563. The number of primary amides is 1. The second-order valence-corrected chi connectivity index (χ2v) is 6.14. The Morgan fingerprint density at radius 3 is 2.80 bits per heavy atom. The minimum Gasteiger partial charge on any atom is -0.454 e. The standard InChI is InChI=1S/C19H24N4O2/c1-2-21-19(22-12-16-8-9-17(25-16)18(20)24)23-11-10-15(13-23)14-6-4-3-5-7-14/h3-9,15H,2,10-13H2,1H3,(H2,20,24)(H,21,22). The number of nitrogens with two attached hydrogens (primary N) is 1. The Labute approximate surface area is 147 Å². The number of nitrogens with one attached hydrogen (secondary N) is 1. The maximum absolute atomic E-state index is 11.1. The van der Waals surface area contributed by atoms with E-state index in [0.29, 0.717) is 18.2 Å². The first-order chi connectivity index (χ1) is 12.2. The zero-order valence-corrected chi connectivity index (χ0v) is 14.4. The van der Waals surface area contributed by atoms with Gasteiger partial charge in [0.2, 0.25) is 0 Å². The normalized spacial score (nSPS) is 17.7. The van der Waals surface area contributed by atoms with Gasteiger partial charge in [-0.05, 0) is 31.0 Å². The molecule has 1 atom stereocenters. The molecule has 1 amide bonds. The second kappa shape index (κ2) is 7.88. The van der Waals surface area contributed by atoms with Gasteiger partial charge in [0.15, 0.2) is 11.7 Å². The van der Waals surface area contributed by atoms with E-state index in [4.69, 9.17) is 10.2 Å². The van der Waals surface area contributed by atoms with E-state index in [0.717, 1.165) is 32.0 Å². The van der Waals surface area contributed by atoms with E-state index in [1.165, 1.54) is 5.56 Å². The predicted octanol–water partition coefficient (Wildman–Crippen LogP) is 2.33. The largest absolute Gasteiger partial charge is 0.454 e. The highest BCUT2D eigenvalue weighted by atomic mass is 16.3. The molecule has 1 unspecified atom stereocenters. The van der Waals surface area contributed by atoms with E-state index in [1.54, 1.807) is 12.1 Å². The van der Waals surface area contributed by atoms with Gasteiger partial charge in [-0.2, -0.15) is 0 Å². The lowest BCUT2D eigenvalue weighted by atomic mass is 9.99. The van der Waals surface area contributed by atoms with Gasteiger partial charge in [0.05, 0.1) is 0 Å². The summed E-state index contributed by atoms with van der Waals surface area (Å²) >= 11 is 0. The molecule has 1 saturated heterocycles. The van der Waals surface area contributed by atoms with E-state index >= 15 is 0 Å². The first-order valence-corrected chi connectivity index (χ1v) is 8.64. The molecule has 1 aliphatic rings. The molecule has 0 spiro atoms. The summed E-state index contributed by atoms with van der Waals surface area (Å²) in [5.74, 6) is 1.63. The van der Waals surface area contributed by atoms with Crippen LogP contribution < -0.4 is 11.1 Å². The second-order valence-electron chi connectivity index (χ2n) is 6.14. The molecule has 132 valence electrons. The van der Waals surface area contributed by atoms with E-state index < -0.39 is 5.91 Å². The van der Waals surface area contributed by atoms with Crippen LogP contribution >= 0.6 is 0 Å². The number of likely N-dealkylation sites (tertiary alicyclic amines) is 1. The lowest BCUT2D eigenvalue weighted by Crippen LogP contribution is -2.40. The van der Waals surface area contributed by atoms with Crippen LogP contribution in [0.3, 0.4) is 0 Å².